The molecule has 70 valence electrons. The number of hydrogen-bond acceptors (Lipinski definition) is 3. The highest BCUT2D eigenvalue weighted by atomic mass is 32.2. The van der Waals surface area contributed by atoms with Gasteiger partial charge in [-0.1, -0.05) is 18.7 Å². The van der Waals surface area contributed by atoms with Crippen molar-refractivity contribution in [1.29, 1.82) is 5.26 Å². The first kappa shape index (κ1) is 10.6. The second-order valence-corrected chi connectivity index (χ2v) is 3.37. The molecule has 0 heterocycles. The zero-order valence-corrected chi connectivity index (χ0v) is 8.77. The van der Waals surface area contributed by atoms with Gasteiger partial charge in [0, 0.05) is 5.56 Å². The van der Waals surface area contributed by atoms with Crippen LogP contribution in [0.1, 0.15) is 11.1 Å². The number of benzene rings is 1. The van der Waals surface area contributed by atoms with E-state index in [1.807, 2.05) is 12.3 Å². The molecule has 0 saturated heterocycles. The maximum Gasteiger partial charge on any atom is 0.100 e. The number of aliphatic imine (C=N–C) groups is 1. The number of nitrogens with zero attached hydrogens (tertiary/aromatic N) is 2. The van der Waals surface area contributed by atoms with Gasteiger partial charge in [0.1, 0.15) is 6.07 Å². The SMILES string of the molecule is C=Cc1ccc(C#N)c(SC)c1N=C. The van der Waals surface area contributed by atoms with E-state index >= 15 is 0 Å². The highest BCUT2D eigenvalue weighted by Crippen LogP contribution is 2.34. The van der Waals surface area contributed by atoms with Crippen molar-refractivity contribution in [2.24, 2.45) is 4.99 Å². The number of rotatable bonds is 3. The van der Waals surface area contributed by atoms with Crippen molar-refractivity contribution < 1.29 is 0 Å². The molecule has 0 aliphatic heterocycles. The summed E-state index contributed by atoms with van der Waals surface area (Å²) in [5.74, 6) is 0. The van der Waals surface area contributed by atoms with Crippen LogP contribution in [-0.2, 0) is 0 Å². The van der Waals surface area contributed by atoms with Crippen molar-refractivity contribution in [2.75, 3.05) is 6.26 Å². The van der Waals surface area contributed by atoms with Gasteiger partial charge in [-0.3, -0.25) is 4.99 Å². The quantitative estimate of drug-likeness (QED) is 0.557. The van der Waals surface area contributed by atoms with E-state index in [4.69, 9.17) is 5.26 Å². The standard InChI is InChI=1S/C11H10N2S/c1-4-8-5-6-9(7-12)11(14-3)10(8)13-2/h4-6H,1-2H2,3H3. The van der Waals surface area contributed by atoms with E-state index in [1.54, 1.807) is 12.1 Å². The van der Waals surface area contributed by atoms with E-state index in [9.17, 15) is 0 Å². The zero-order valence-electron chi connectivity index (χ0n) is 7.95. The maximum absolute atomic E-state index is 8.88. The van der Waals surface area contributed by atoms with Gasteiger partial charge in [-0.05, 0) is 19.0 Å². The van der Waals surface area contributed by atoms with Gasteiger partial charge in [0.05, 0.1) is 16.1 Å². The van der Waals surface area contributed by atoms with E-state index in [-0.39, 0.29) is 0 Å². The number of hydrogen-bond donors (Lipinski definition) is 0. The molecule has 0 amide bonds. The molecule has 0 saturated carbocycles. The smallest absolute Gasteiger partial charge is 0.100 e. The van der Waals surface area contributed by atoms with Gasteiger partial charge < -0.3 is 0 Å². The fourth-order valence-corrected chi connectivity index (χ4v) is 1.92. The minimum atomic E-state index is 0.630. The third-order valence-corrected chi connectivity index (χ3v) is 2.69. The molecule has 1 aromatic carbocycles. The summed E-state index contributed by atoms with van der Waals surface area (Å²) < 4.78 is 0. The van der Waals surface area contributed by atoms with Gasteiger partial charge in [-0.2, -0.15) is 5.26 Å². The molecule has 1 aromatic rings. The molecule has 0 spiro atoms. The molecule has 0 fully saturated rings. The van der Waals surface area contributed by atoms with E-state index in [2.05, 4.69) is 24.4 Å². The lowest BCUT2D eigenvalue weighted by atomic mass is 10.1. The van der Waals surface area contributed by atoms with Crippen LogP contribution in [0.15, 0.2) is 28.6 Å². The molecule has 0 aliphatic rings. The van der Waals surface area contributed by atoms with Crippen molar-refractivity contribution in [3.8, 4) is 6.07 Å². The van der Waals surface area contributed by atoms with Gasteiger partial charge in [0.25, 0.3) is 0 Å². The average Bonchev–Trinajstić information content (AvgIpc) is 2.26. The summed E-state index contributed by atoms with van der Waals surface area (Å²) in [4.78, 5) is 4.79. The number of nitriles is 1. The molecule has 2 nitrogen and oxygen atoms in total. The summed E-state index contributed by atoms with van der Waals surface area (Å²) in [5.41, 5.74) is 2.28. The largest absolute Gasteiger partial charge is 0.263 e. The van der Waals surface area contributed by atoms with Gasteiger partial charge in [0.15, 0.2) is 0 Å². The highest BCUT2D eigenvalue weighted by Gasteiger charge is 2.09. The minimum absolute atomic E-state index is 0.630. The van der Waals surface area contributed by atoms with Crippen LogP contribution in [0.2, 0.25) is 0 Å². The van der Waals surface area contributed by atoms with E-state index < -0.39 is 0 Å². The summed E-state index contributed by atoms with van der Waals surface area (Å²) >= 11 is 1.50. The summed E-state index contributed by atoms with van der Waals surface area (Å²) in [6.07, 6.45) is 3.63. The summed E-state index contributed by atoms with van der Waals surface area (Å²) in [5, 5.41) is 8.88. The molecule has 0 N–H and O–H groups in total. The van der Waals surface area contributed by atoms with Crippen LogP contribution in [0.4, 0.5) is 5.69 Å². The molecule has 3 heteroatoms. The Labute approximate surface area is 88.0 Å². The Morgan fingerprint density at radius 2 is 2.29 bits per heavy atom. The normalized spacial score (nSPS) is 9.14. The lowest BCUT2D eigenvalue weighted by Crippen LogP contribution is -1.84. The highest BCUT2D eigenvalue weighted by molar-refractivity contribution is 7.98. The Morgan fingerprint density at radius 1 is 1.57 bits per heavy atom. The van der Waals surface area contributed by atoms with Crippen molar-refractivity contribution >= 4 is 30.2 Å². The molecular formula is C11H10N2S. The predicted octanol–water partition coefficient (Wildman–Crippen LogP) is 3.26. The first-order chi connectivity index (χ1) is 6.78. The van der Waals surface area contributed by atoms with Crippen LogP contribution in [0, 0.1) is 11.3 Å². The van der Waals surface area contributed by atoms with Crippen LogP contribution >= 0.6 is 11.8 Å². The minimum Gasteiger partial charge on any atom is -0.263 e. The molecule has 0 unspecified atom stereocenters. The van der Waals surface area contributed by atoms with Crippen LogP contribution in [0.25, 0.3) is 6.08 Å². The van der Waals surface area contributed by atoms with Gasteiger partial charge in [0.2, 0.25) is 0 Å². The van der Waals surface area contributed by atoms with Crippen molar-refractivity contribution in [3.05, 3.63) is 29.8 Å². The van der Waals surface area contributed by atoms with Gasteiger partial charge in [-0.15, -0.1) is 11.8 Å². The molecular weight excluding hydrogens is 192 g/mol. The molecule has 0 aliphatic carbocycles. The molecule has 0 aromatic heterocycles. The summed E-state index contributed by atoms with van der Waals surface area (Å²) in [6.45, 7) is 7.19. The molecule has 14 heavy (non-hydrogen) atoms. The summed E-state index contributed by atoms with van der Waals surface area (Å²) in [7, 11) is 0. The Balaban J connectivity index is 3.53. The molecule has 0 radical (unpaired) electrons. The lowest BCUT2D eigenvalue weighted by Gasteiger charge is -2.07. The lowest BCUT2D eigenvalue weighted by molar-refractivity contribution is 1.32. The third kappa shape index (κ3) is 1.70. The third-order valence-electron chi connectivity index (χ3n) is 1.87. The van der Waals surface area contributed by atoms with E-state index in [0.717, 1.165) is 16.1 Å². The van der Waals surface area contributed by atoms with Crippen molar-refractivity contribution in [1.82, 2.24) is 0 Å². The Bertz CT molecular complexity index is 416. The average molecular weight is 202 g/mol. The molecule has 0 atom stereocenters. The number of thioether (sulfide) groups is 1. The topological polar surface area (TPSA) is 36.1 Å². The predicted molar refractivity (Wildman–Crippen MR) is 62.2 cm³/mol. The first-order valence-electron chi connectivity index (χ1n) is 3.98. The van der Waals surface area contributed by atoms with Crippen LogP contribution in [-0.4, -0.2) is 13.0 Å². The van der Waals surface area contributed by atoms with Crippen LogP contribution in [0.3, 0.4) is 0 Å². The van der Waals surface area contributed by atoms with Crippen LogP contribution < -0.4 is 0 Å². The zero-order chi connectivity index (χ0) is 10.6. The summed E-state index contributed by atoms with van der Waals surface area (Å²) in [6, 6.07) is 5.73. The van der Waals surface area contributed by atoms with E-state index in [0.29, 0.717) is 5.56 Å². The Kier molecular flexibility index (Phi) is 3.49. The molecule has 1 rings (SSSR count). The fourth-order valence-electron chi connectivity index (χ4n) is 1.21. The second-order valence-electron chi connectivity index (χ2n) is 2.56. The van der Waals surface area contributed by atoms with Crippen LogP contribution in [0.5, 0.6) is 0 Å². The monoisotopic (exact) mass is 202 g/mol. The molecule has 0 bridgehead atoms. The van der Waals surface area contributed by atoms with Crippen molar-refractivity contribution in [2.45, 2.75) is 4.90 Å². The Hall–Kier alpha value is -1.53. The Morgan fingerprint density at radius 3 is 2.71 bits per heavy atom. The first-order valence-corrected chi connectivity index (χ1v) is 5.21. The van der Waals surface area contributed by atoms with Crippen molar-refractivity contribution in [3.63, 3.8) is 0 Å². The van der Waals surface area contributed by atoms with Gasteiger partial charge >= 0.3 is 0 Å². The maximum atomic E-state index is 8.88. The van der Waals surface area contributed by atoms with Gasteiger partial charge in [-0.25, -0.2) is 0 Å². The van der Waals surface area contributed by atoms with E-state index in [1.165, 1.54) is 11.8 Å². The fraction of sp³-hybridized carbons (Fsp3) is 0.0909. The second kappa shape index (κ2) is 4.64.